The van der Waals surface area contributed by atoms with Crippen LogP contribution >= 0.6 is 0 Å². The van der Waals surface area contributed by atoms with Crippen molar-refractivity contribution in [2.24, 2.45) is 0 Å². The van der Waals surface area contributed by atoms with Crippen molar-refractivity contribution in [2.45, 2.75) is 39.3 Å². The molecule has 1 aliphatic heterocycles. The summed E-state index contributed by atoms with van der Waals surface area (Å²) in [7, 11) is 0. The van der Waals surface area contributed by atoms with Gasteiger partial charge in [0, 0.05) is 11.3 Å². The standard InChI is InChI=1S/C22H23N3O.ClH/c1-2-17-9-6-7-12-19(17)23-21(26)16-24-15-20(18-10-4-3-5-11-18)25-14-8-13-22(24)25;/h3-7,9-12,15H,2,8,13-14,16H2,1H3;1H. The number of hydrogen-bond donors (Lipinski definition) is 1. The van der Waals surface area contributed by atoms with Crippen LogP contribution in [0, 0.1) is 0 Å². The van der Waals surface area contributed by atoms with Crippen LogP contribution in [0.25, 0.3) is 11.3 Å². The fraction of sp³-hybridized carbons (Fsp3) is 0.273. The summed E-state index contributed by atoms with van der Waals surface area (Å²) in [5.41, 5.74) is 4.48. The molecule has 5 heteroatoms. The molecule has 0 radical (unpaired) electrons. The van der Waals surface area contributed by atoms with Gasteiger partial charge in [0.15, 0.2) is 12.2 Å². The summed E-state index contributed by atoms with van der Waals surface area (Å²) in [5, 5.41) is 3.08. The van der Waals surface area contributed by atoms with E-state index in [9.17, 15) is 4.79 Å². The number of aryl methyl sites for hydroxylation is 1. The summed E-state index contributed by atoms with van der Waals surface area (Å²) in [6.45, 7) is 3.47. The number of halogens is 1. The Hall–Kier alpha value is -2.59. The Kier molecular flexibility index (Phi) is 5.97. The molecule has 0 saturated heterocycles. The number of benzene rings is 2. The third-order valence-corrected chi connectivity index (χ3v) is 5.05. The van der Waals surface area contributed by atoms with Crippen LogP contribution in [0.2, 0.25) is 0 Å². The van der Waals surface area contributed by atoms with E-state index >= 15 is 0 Å². The fourth-order valence-electron chi connectivity index (χ4n) is 3.78. The maximum atomic E-state index is 12.7. The van der Waals surface area contributed by atoms with Crippen LogP contribution in [-0.2, 0) is 30.7 Å². The molecule has 0 spiro atoms. The van der Waals surface area contributed by atoms with Gasteiger partial charge in [-0.3, -0.25) is 4.79 Å². The van der Waals surface area contributed by atoms with Gasteiger partial charge in [0.05, 0.1) is 13.0 Å². The molecule has 0 saturated carbocycles. The molecule has 0 unspecified atom stereocenters. The molecule has 2 heterocycles. The summed E-state index contributed by atoms with van der Waals surface area (Å²) in [6.07, 6.45) is 5.18. The van der Waals surface area contributed by atoms with Gasteiger partial charge in [0.1, 0.15) is 6.20 Å². The Labute approximate surface area is 166 Å². The number of anilines is 1. The minimum atomic E-state index is 0. The molecule has 4 nitrogen and oxygen atoms in total. The van der Waals surface area contributed by atoms with E-state index < -0.39 is 0 Å². The zero-order valence-electron chi connectivity index (χ0n) is 15.5. The molecule has 0 aliphatic carbocycles. The van der Waals surface area contributed by atoms with Crippen LogP contribution < -0.4 is 22.3 Å². The first kappa shape index (κ1) is 19.2. The average molecular weight is 382 g/mol. The second kappa shape index (κ2) is 8.40. The number of carbonyl (C=O) groups is 1. The summed E-state index contributed by atoms with van der Waals surface area (Å²) >= 11 is 0. The summed E-state index contributed by atoms with van der Waals surface area (Å²) < 4.78 is 4.46. The molecule has 1 amide bonds. The SMILES string of the molecule is CCc1ccccc1NC(=O)C[n+]1cc(-c2ccccc2)n2c1CCC2.[Cl-]. The number of nitrogens with one attached hydrogen (secondary N) is 1. The Balaban J connectivity index is 0.00000210. The van der Waals surface area contributed by atoms with Gasteiger partial charge in [0.2, 0.25) is 0 Å². The van der Waals surface area contributed by atoms with Crippen molar-refractivity contribution >= 4 is 11.6 Å². The Morgan fingerprint density at radius 2 is 1.85 bits per heavy atom. The number of aromatic nitrogens is 2. The highest BCUT2D eigenvalue weighted by Gasteiger charge is 2.29. The molecule has 1 aliphatic rings. The van der Waals surface area contributed by atoms with Gasteiger partial charge in [-0.1, -0.05) is 55.5 Å². The monoisotopic (exact) mass is 381 g/mol. The first-order valence-electron chi connectivity index (χ1n) is 9.31. The first-order valence-corrected chi connectivity index (χ1v) is 9.31. The lowest BCUT2D eigenvalue weighted by Gasteiger charge is -2.08. The lowest BCUT2D eigenvalue weighted by atomic mass is 10.1. The number of carbonyl (C=O) groups excluding carboxylic acids is 1. The second-order valence-electron chi connectivity index (χ2n) is 6.74. The number of amides is 1. The normalized spacial score (nSPS) is 12.3. The number of fused-ring (bicyclic) bond motifs is 1. The molecule has 4 rings (SSSR count). The van der Waals surface area contributed by atoms with Crippen LogP contribution in [0.1, 0.15) is 24.7 Å². The molecular weight excluding hydrogens is 358 g/mol. The van der Waals surface area contributed by atoms with E-state index in [2.05, 4.69) is 57.9 Å². The molecule has 1 N–H and O–H groups in total. The molecule has 27 heavy (non-hydrogen) atoms. The molecule has 3 aromatic rings. The highest BCUT2D eigenvalue weighted by Crippen LogP contribution is 2.24. The number of hydrogen-bond acceptors (Lipinski definition) is 1. The van der Waals surface area contributed by atoms with Crippen LogP contribution in [0.15, 0.2) is 60.8 Å². The van der Waals surface area contributed by atoms with Gasteiger partial charge < -0.3 is 17.7 Å². The van der Waals surface area contributed by atoms with Crippen molar-refractivity contribution in [2.75, 3.05) is 5.32 Å². The predicted molar refractivity (Wildman–Crippen MR) is 103 cm³/mol. The van der Waals surface area contributed by atoms with E-state index in [0.717, 1.165) is 37.1 Å². The molecule has 0 bridgehead atoms. The van der Waals surface area contributed by atoms with Gasteiger partial charge in [-0.25, -0.2) is 9.13 Å². The van der Waals surface area contributed by atoms with Crippen molar-refractivity contribution in [3.63, 3.8) is 0 Å². The van der Waals surface area contributed by atoms with Crippen LogP contribution in [-0.4, -0.2) is 10.5 Å². The zero-order chi connectivity index (χ0) is 17.9. The largest absolute Gasteiger partial charge is 1.00 e. The summed E-state index contributed by atoms with van der Waals surface area (Å²) in [5.74, 6) is 1.26. The molecule has 1 aromatic heterocycles. The van der Waals surface area contributed by atoms with Crippen molar-refractivity contribution in [3.05, 3.63) is 72.2 Å². The highest BCUT2D eigenvalue weighted by atomic mass is 35.5. The van der Waals surface area contributed by atoms with E-state index in [1.807, 2.05) is 24.3 Å². The lowest BCUT2D eigenvalue weighted by Crippen LogP contribution is -3.00. The van der Waals surface area contributed by atoms with E-state index in [4.69, 9.17) is 0 Å². The smallest absolute Gasteiger partial charge is 0.266 e. The topological polar surface area (TPSA) is 37.9 Å². The maximum Gasteiger partial charge on any atom is 0.266 e. The molecule has 0 atom stereocenters. The Morgan fingerprint density at radius 1 is 1.11 bits per heavy atom. The van der Waals surface area contributed by atoms with E-state index in [-0.39, 0.29) is 18.3 Å². The van der Waals surface area contributed by atoms with Crippen LogP contribution in [0.3, 0.4) is 0 Å². The lowest BCUT2D eigenvalue weighted by molar-refractivity contribution is -0.690. The number of imidazole rings is 1. The maximum absolute atomic E-state index is 12.7. The average Bonchev–Trinajstić information content (AvgIpc) is 3.27. The quantitative estimate of drug-likeness (QED) is 0.645. The number of rotatable bonds is 5. The Morgan fingerprint density at radius 3 is 2.63 bits per heavy atom. The minimum absolute atomic E-state index is 0. The Bertz CT molecular complexity index is 934. The first-order chi connectivity index (χ1) is 12.8. The number of nitrogens with zero attached hydrogens (tertiary/aromatic N) is 2. The van der Waals surface area contributed by atoms with Crippen molar-refractivity contribution in [1.82, 2.24) is 4.57 Å². The van der Waals surface area contributed by atoms with Gasteiger partial charge in [0.25, 0.3) is 11.7 Å². The zero-order valence-corrected chi connectivity index (χ0v) is 16.2. The minimum Gasteiger partial charge on any atom is -1.00 e. The molecule has 140 valence electrons. The highest BCUT2D eigenvalue weighted by molar-refractivity contribution is 5.90. The van der Waals surface area contributed by atoms with Gasteiger partial charge in [-0.2, -0.15) is 0 Å². The molecular formula is C22H24ClN3O. The van der Waals surface area contributed by atoms with Crippen molar-refractivity contribution in [1.29, 1.82) is 0 Å². The molecule has 2 aromatic carbocycles. The predicted octanol–water partition coefficient (Wildman–Crippen LogP) is 0.594. The summed E-state index contributed by atoms with van der Waals surface area (Å²) in [4.78, 5) is 12.7. The van der Waals surface area contributed by atoms with E-state index in [0.29, 0.717) is 6.54 Å². The van der Waals surface area contributed by atoms with E-state index in [1.165, 1.54) is 17.1 Å². The van der Waals surface area contributed by atoms with Crippen LogP contribution in [0.4, 0.5) is 5.69 Å². The van der Waals surface area contributed by atoms with Crippen LogP contribution in [0.5, 0.6) is 0 Å². The van der Waals surface area contributed by atoms with Crippen molar-refractivity contribution < 1.29 is 21.8 Å². The van der Waals surface area contributed by atoms with Gasteiger partial charge >= 0.3 is 0 Å². The third-order valence-electron chi connectivity index (χ3n) is 5.05. The second-order valence-corrected chi connectivity index (χ2v) is 6.74. The van der Waals surface area contributed by atoms with Gasteiger partial charge in [-0.15, -0.1) is 0 Å². The van der Waals surface area contributed by atoms with Crippen molar-refractivity contribution in [3.8, 4) is 11.3 Å². The number of para-hydroxylation sites is 1. The molecule has 0 fully saturated rings. The summed E-state index contributed by atoms with van der Waals surface area (Å²) in [6, 6.07) is 18.4. The fourth-order valence-corrected chi connectivity index (χ4v) is 3.78. The third kappa shape index (κ3) is 3.91. The van der Waals surface area contributed by atoms with Gasteiger partial charge in [-0.05, 0) is 24.5 Å². The van der Waals surface area contributed by atoms with E-state index in [1.54, 1.807) is 0 Å².